The average Bonchev–Trinajstić information content (AvgIpc) is 3.40. The topological polar surface area (TPSA) is 67.6 Å². The van der Waals surface area contributed by atoms with E-state index in [0.29, 0.717) is 37.3 Å². The molecule has 1 aliphatic carbocycles. The van der Waals surface area contributed by atoms with E-state index < -0.39 is 0 Å². The fourth-order valence-corrected chi connectivity index (χ4v) is 3.12. The molecule has 6 heteroatoms. The molecule has 0 unspecified atom stereocenters. The van der Waals surface area contributed by atoms with E-state index in [0.717, 1.165) is 6.54 Å². The zero-order chi connectivity index (χ0) is 20.1. The molecule has 1 N–H and O–H groups in total. The van der Waals surface area contributed by atoms with E-state index in [1.165, 1.54) is 30.2 Å². The van der Waals surface area contributed by atoms with Gasteiger partial charge in [0.05, 0.1) is 13.2 Å². The number of oxazole rings is 1. The van der Waals surface area contributed by atoms with E-state index in [4.69, 9.17) is 9.15 Å². The first kappa shape index (κ1) is 20.6. The van der Waals surface area contributed by atoms with E-state index in [1.807, 2.05) is 0 Å². The average molecular weight is 386 g/mol. The van der Waals surface area contributed by atoms with Gasteiger partial charge < -0.3 is 14.5 Å². The molecule has 1 amide bonds. The molecule has 1 heterocycles. The van der Waals surface area contributed by atoms with Crippen LogP contribution in [0.3, 0.4) is 0 Å². The predicted octanol–water partition coefficient (Wildman–Crippen LogP) is 3.51. The van der Waals surface area contributed by atoms with Crippen LogP contribution in [0.1, 0.15) is 61.1 Å². The summed E-state index contributed by atoms with van der Waals surface area (Å²) in [5.74, 6) is 0.345. The molecule has 28 heavy (non-hydrogen) atoms. The summed E-state index contributed by atoms with van der Waals surface area (Å²) >= 11 is 0. The Labute approximate surface area is 167 Å². The van der Waals surface area contributed by atoms with Gasteiger partial charge in [-0.3, -0.25) is 9.69 Å². The number of carbonyl (C=O) groups excluding carboxylic acids is 1. The van der Waals surface area contributed by atoms with Crippen LogP contribution in [-0.2, 0) is 23.2 Å². The van der Waals surface area contributed by atoms with Crippen LogP contribution < -0.4 is 5.32 Å². The molecule has 1 fully saturated rings. The van der Waals surface area contributed by atoms with Crippen molar-refractivity contribution in [2.24, 2.45) is 0 Å². The summed E-state index contributed by atoms with van der Waals surface area (Å²) in [6, 6.07) is 9.41. The first-order valence-electron chi connectivity index (χ1n) is 9.92. The standard InChI is InChI=1S/C22H31N3O3/c1-22(2,3)17-7-5-16(6-8-17)13-25(18-9-10-18)14-20-24-19(15-28-20)21(26)23-11-12-27-4/h5-8,15,18H,9-14H2,1-4H3,(H,23,26). The van der Waals surface area contributed by atoms with Crippen molar-refractivity contribution in [3.05, 3.63) is 53.2 Å². The maximum absolute atomic E-state index is 12.1. The maximum Gasteiger partial charge on any atom is 0.273 e. The van der Waals surface area contributed by atoms with Gasteiger partial charge in [0, 0.05) is 26.2 Å². The SMILES string of the molecule is COCCNC(=O)c1coc(CN(Cc2ccc(C(C)(C)C)cc2)C2CC2)n1. The number of benzene rings is 1. The van der Waals surface area contributed by atoms with E-state index in [2.05, 4.69) is 60.2 Å². The largest absolute Gasteiger partial charge is 0.447 e. The highest BCUT2D eigenvalue weighted by atomic mass is 16.5. The highest BCUT2D eigenvalue weighted by Crippen LogP contribution is 2.30. The van der Waals surface area contributed by atoms with Crippen molar-refractivity contribution in [1.29, 1.82) is 0 Å². The number of aromatic nitrogens is 1. The van der Waals surface area contributed by atoms with Gasteiger partial charge in [0.25, 0.3) is 5.91 Å². The third-order valence-electron chi connectivity index (χ3n) is 4.98. The van der Waals surface area contributed by atoms with Crippen LogP contribution in [0.5, 0.6) is 0 Å². The quantitative estimate of drug-likeness (QED) is 0.669. The normalized spacial score (nSPS) is 14.5. The summed E-state index contributed by atoms with van der Waals surface area (Å²) in [6.07, 6.45) is 3.83. The fourth-order valence-electron chi connectivity index (χ4n) is 3.12. The van der Waals surface area contributed by atoms with E-state index >= 15 is 0 Å². The second kappa shape index (κ2) is 8.88. The van der Waals surface area contributed by atoms with E-state index in [-0.39, 0.29) is 11.3 Å². The third kappa shape index (κ3) is 5.66. The second-order valence-electron chi connectivity index (χ2n) is 8.46. The Bertz CT molecular complexity index is 773. The number of amides is 1. The zero-order valence-corrected chi connectivity index (χ0v) is 17.3. The van der Waals surface area contributed by atoms with Crippen molar-refractivity contribution in [3.63, 3.8) is 0 Å². The summed E-state index contributed by atoms with van der Waals surface area (Å²) in [5, 5.41) is 2.76. The maximum atomic E-state index is 12.1. The molecule has 2 aromatic rings. The van der Waals surface area contributed by atoms with Gasteiger partial charge in [-0.25, -0.2) is 4.98 Å². The lowest BCUT2D eigenvalue weighted by Gasteiger charge is -2.22. The third-order valence-corrected chi connectivity index (χ3v) is 4.98. The Morgan fingerprint density at radius 1 is 1.25 bits per heavy atom. The number of methoxy groups -OCH3 is 1. The van der Waals surface area contributed by atoms with Gasteiger partial charge in [-0.2, -0.15) is 0 Å². The Hall–Kier alpha value is -2.18. The van der Waals surface area contributed by atoms with Crippen LogP contribution >= 0.6 is 0 Å². The van der Waals surface area contributed by atoms with Gasteiger partial charge >= 0.3 is 0 Å². The van der Waals surface area contributed by atoms with Gasteiger partial charge in [0.1, 0.15) is 6.26 Å². The summed E-state index contributed by atoms with van der Waals surface area (Å²) in [5.41, 5.74) is 3.10. The minimum absolute atomic E-state index is 0.160. The number of carbonyl (C=O) groups is 1. The van der Waals surface area contributed by atoms with Gasteiger partial charge in [0.15, 0.2) is 5.69 Å². The molecule has 6 nitrogen and oxygen atoms in total. The lowest BCUT2D eigenvalue weighted by atomic mass is 9.87. The molecule has 1 saturated carbocycles. The van der Waals surface area contributed by atoms with Gasteiger partial charge in [-0.15, -0.1) is 0 Å². The molecule has 1 aromatic carbocycles. The summed E-state index contributed by atoms with van der Waals surface area (Å²) in [6.45, 7) is 9.07. The number of nitrogens with zero attached hydrogens (tertiary/aromatic N) is 2. The van der Waals surface area contributed by atoms with Crippen LogP contribution in [0.15, 0.2) is 34.9 Å². The van der Waals surface area contributed by atoms with Gasteiger partial charge in [-0.05, 0) is 29.4 Å². The highest BCUT2D eigenvalue weighted by Gasteiger charge is 2.30. The van der Waals surface area contributed by atoms with Gasteiger partial charge in [0.2, 0.25) is 5.89 Å². The van der Waals surface area contributed by atoms with Crippen molar-refractivity contribution in [3.8, 4) is 0 Å². The van der Waals surface area contributed by atoms with Crippen LogP contribution in [0.25, 0.3) is 0 Å². The fraction of sp³-hybridized carbons (Fsp3) is 0.545. The van der Waals surface area contributed by atoms with Crippen LogP contribution in [0.2, 0.25) is 0 Å². The van der Waals surface area contributed by atoms with Crippen molar-refractivity contribution < 1.29 is 13.9 Å². The molecular formula is C22H31N3O3. The van der Waals surface area contributed by atoms with Crippen LogP contribution in [0.4, 0.5) is 0 Å². The molecule has 0 atom stereocenters. The van der Waals surface area contributed by atoms with Crippen molar-refractivity contribution in [2.75, 3.05) is 20.3 Å². The molecular weight excluding hydrogens is 354 g/mol. The number of hydrogen-bond donors (Lipinski definition) is 1. The molecule has 1 aliphatic rings. The highest BCUT2D eigenvalue weighted by molar-refractivity contribution is 5.91. The first-order valence-corrected chi connectivity index (χ1v) is 9.92. The summed E-state index contributed by atoms with van der Waals surface area (Å²) in [7, 11) is 1.60. The van der Waals surface area contributed by atoms with Crippen LogP contribution in [-0.4, -0.2) is 42.1 Å². The molecule has 152 valence electrons. The molecule has 0 spiro atoms. The molecule has 0 saturated heterocycles. The van der Waals surface area contributed by atoms with Crippen LogP contribution in [0, 0.1) is 0 Å². The summed E-state index contributed by atoms with van der Waals surface area (Å²) in [4.78, 5) is 18.8. The molecule has 0 radical (unpaired) electrons. The Balaban J connectivity index is 1.60. The zero-order valence-electron chi connectivity index (χ0n) is 17.3. The minimum Gasteiger partial charge on any atom is -0.447 e. The van der Waals surface area contributed by atoms with E-state index in [9.17, 15) is 4.79 Å². The predicted molar refractivity (Wildman–Crippen MR) is 108 cm³/mol. The van der Waals surface area contributed by atoms with E-state index in [1.54, 1.807) is 7.11 Å². The Morgan fingerprint density at radius 2 is 1.96 bits per heavy atom. The number of rotatable bonds is 9. The lowest BCUT2D eigenvalue weighted by molar-refractivity contribution is 0.0932. The molecule has 1 aromatic heterocycles. The monoisotopic (exact) mass is 385 g/mol. The summed E-state index contributed by atoms with van der Waals surface area (Å²) < 4.78 is 10.5. The lowest BCUT2D eigenvalue weighted by Crippen LogP contribution is -2.27. The number of hydrogen-bond acceptors (Lipinski definition) is 5. The minimum atomic E-state index is -0.234. The Kier molecular flexibility index (Phi) is 6.52. The molecule has 0 aliphatic heterocycles. The number of ether oxygens (including phenoxy) is 1. The van der Waals surface area contributed by atoms with Crippen molar-refractivity contribution >= 4 is 5.91 Å². The molecule has 0 bridgehead atoms. The smallest absolute Gasteiger partial charge is 0.273 e. The molecule has 3 rings (SSSR count). The Morgan fingerprint density at radius 3 is 2.57 bits per heavy atom. The first-order chi connectivity index (χ1) is 13.4. The van der Waals surface area contributed by atoms with Gasteiger partial charge in [-0.1, -0.05) is 45.0 Å². The second-order valence-corrected chi connectivity index (χ2v) is 8.46. The van der Waals surface area contributed by atoms with Crippen molar-refractivity contribution in [1.82, 2.24) is 15.2 Å². The number of nitrogens with one attached hydrogen (secondary N) is 1. The van der Waals surface area contributed by atoms with Crippen molar-refractivity contribution in [2.45, 2.75) is 58.2 Å².